The Hall–Kier alpha value is -3.40. The van der Waals surface area contributed by atoms with Crippen molar-refractivity contribution in [3.63, 3.8) is 0 Å². The smallest absolute Gasteiger partial charge is 0.228 e. The van der Waals surface area contributed by atoms with Crippen LogP contribution in [0.2, 0.25) is 0 Å². The van der Waals surface area contributed by atoms with Gasteiger partial charge in [-0.15, -0.1) is 0 Å². The van der Waals surface area contributed by atoms with Crippen LogP contribution < -0.4 is 10.6 Å². The van der Waals surface area contributed by atoms with E-state index in [0.29, 0.717) is 5.69 Å². The summed E-state index contributed by atoms with van der Waals surface area (Å²) in [5.74, 6) is -0.224. The first-order valence-corrected chi connectivity index (χ1v) is 9.39. The highest BCUT2D eigenvalue weighted by Gasteiger charge is 2.60. The van der Waals surface area contributed by atoms with E-state index in [0.717, 1.165) is 12.1 Å². The molecule has 1 aliphatic carbocycles. The molecule has 4 nitrogen and oxygen atoms in total. The molecule has 1 aliphatic rings. The molecule has 0 heterocycles. The normalized spacial score (nSPS) is 16.8. The summed E-state index contributed by atoms with van der Waals surface area (Å²) < 4.78 is 0. The molecule has 4 rings (SSSR count). The summed E-state index contributed by atoms with van der Waals surface area (Å²) in [6.45, 7) is 1.47. The van der Waals surface area contributed by atoms with Crippen LogP contribution in [0.15, 0.2) is 84.9 Å². The number of hydrogen-bond donors (Lipinski definition) is 2. The highest BCUT2D eigenvalue weighted by molar-refractivity contribution is 5.97. The first-order chi connectivity index (χ1) is 13.6. The number of amides is 2. The first kappa shape index (κ1) is 18.0. The molecule has 0 bridgehead atoms. The lowest BCUT2D eigenvalue weighted by molar-refractivity contribution is -0.117. The van der Waals surface area contributed by atoms with Gasteiger partial charge in [0.25, 0.3) is 0 Å². The van der Waals surface area contributed by atoms with Gasteiger partial charge in [-0.05, 0) is 41.8 Å². The average Bonchev–Trinajstić information content (AvgIpc) is 3.48. The third kappa shape index (κ3) is 3.41. The van der Waals surface area contributed by atoms with Crippen molar-refractivity contribution in [3.8, 4) is 0 Å². The molecular formula is C24H22N2O2. The quantitative estimate of drug-likeness (QED) is 0.690. The van der Waals surface area contributed by atoms with Crippen molar-refractivity contribution in [2.45, 2.75) is 18.8 Å². The second kappa shape index (κ2) is 7.31. The molecule has 1 fully saturated rings. The topological polar surface area (TPSA) is 58.2 Å². The van der Waals surface area contributed by atoms with Crippen LogP contribution in [0.25, 0.3) is 0 Å². The van der Waals surface area contributed by atoms with Crippen LogP contribution in [0.3, 0.4) is 0 Å². The van der Waals surface area contributed by atoms with E-state index in [4.69, 9.17) is 0 Å². The van der Waals surface area contributed by atoms with Gasteiger partial charge in [-0.2, -0.15) is 0 Å². The molecule has 1 unspecified atom stereocenters. The fraction of sp³-hybridized carbons (Fsp3) is 0.167. The van der Waals surface area contributed by atoms with Crippen LogP contribution in [0.4, 0.5) is 11.4 Å². The summed E-state index contributed by atoms with van der Waals surface area (Å²) in [6, 6.07) is 27.7. The van der Waals surface area contributed by atoms with E-state index in [1.807, 2.05) is 36.4 Å². The standard InChI is InChI=1S/C24H22N2O2/c1-17(27)25-20-12-14-21(15-13-20)26-23(28)22-16-24(22,18-8-4-2-5-9-18)19-10-6-3-7-11-19/h2-15,22H,16H2,1H3,(H,25,27)(H,26,28). The van der Waals surface area contributed by atoms with Crippen LogP contribution >= 0.6 is 0 Å². The van der Waals surface area contributed by atoms with E-state index in [9.17, 15) is 9.59 Å². The lowest BCUT2D eigenvalue weighted by Crippen LogP contribution is -2.22. The molecule has 0 aromatic heterocycles. The van der Waals surface area contributed by atoms with Gasteiger partial charge >= 0.3 is 0 Å². The Kier molecular flexibility index (Phi) is 4.70. The Labute approximate surface area is 164 Å². The monoisotopic (exact) mass is 370 g/mol. The van der Waals surface area contributed by atoms with E-state index in [1.165, 1.54) is 18.1 Å². The van der Waals surface area contributed by atoms with Gasteiger partial charge in [0.15, 0.2) is 0 Å². The summed E-state index contributed by atoms with van der Waals surface area (Å²) in [6.07, 6.45) is 0.789. The van der Waals surface area contributed by atoms with Gasteiger partial charge in [0.2, 0.25) is 11.8 Å². The average molecular weight is 370 g/mol. The maximum atomic E-state index is 13.0. The minimum Gasteiger partial charge on any atom is -0.326 e. The second-order valence-electron chi connectivity index (χ2n) is 7.21. The third-order valence-corrected chi connectivity index (χ3v) is 5.33. The lowest BCUT2D eigenvalue weighted by atomic mass is 9.85. The van der Waals surface area contributed by atoms with E-state index >= 15 is 0 Å². The van der Waals surface area contributed by atoms with Crippen molar-refractivity contribution in [2.24, 2.45) is 5.92 Å². The summed E-state index contributed by atoms with van der Waals surface area (Å²) in [7, 11) is 0. The fourth-order valence-corrected chi connectivity index (χ4v) is 3.92. The summed E-state index contributed by atoms with van der Waals surface area (Å²) >= 11 is 0. The lowest BCUT2D eigenvalue weighted by Gasteiger charge is -2.19. The van der Waals surface area contributed by atoms with Crippen molar-refractivity contribution in [2.75, 3.05) is 10.6 Å². The number of benzene rings is 3. The van der Waals surface area contributed by atoms with Crippen LogP contribution in [0, 0.1) is 5.92 Å². The number of rotatable bonds is 5. The van der Waals surface area contributed by atoms with Crippen molar-refractivity contribution in [3.05, 3.63) is 96.1 Å². The number of carbonyl (C=O) groups excluding carboxylic acids is 2. The Balaban J connectivity index is 1.55. The molecule has 0 aliphatic heterocycles. The number of carbonyl (C=O) groups is 2. The first-order valence-electron chi connectivity index (χ1n) is 9.39. The van der Waals surface area contributed by atoms with Gasteiger partial charge in [0, 0.05) is 23.7 Å². The van der Waals surface area contributed by atoms with Gasteiger partial charge in [-0.1, -0.05) is 60.7 Å². The molecule has 3 aromatic rings. The molecule has 2 N–H and O–H groups in total. The van der Waals surface area contributed by atoms with Crippen molar-refractivity contribution < 1.29 is 9.59 Å². The minimum atomic E-state index is -0.275. The van der Waals surface area contributed by atoms with Gasteiger partial charge < -0.3 is 10.6 Å². The van der Waals surface area contributed by atoms with E-state index < -0.39 is 0 Å². The Bertz CT molecular complexity index is 943. The Morgan fingerprint density at radius 1 is 0.750 bits per heavy atom. The van der Waals surface area contributed by atoms with Crippen LogP contribution in [0.5, 0.6) is 0 Å². The van der Waals surface area contributed by atoms with Crippen molar-refractivity contribution in [1.29, 1.82) is 0 Å². The molecule has 0 saturated heterocycles. The maximum Gasteiger partial charge on any atom is 0.228 e. The molecule has 3 aromatic carbocycles. The van der Waals surface area contributed by atoms with Crippen molar-refractivity contribution in [1.82, 2.24) is 0 Å². The molecule has 140 valence electrons. The molecule has 0 spiro atoms. The molecular weight excluding hydrogens is 348 g/mol. The molecule has 0 radical (unpaired) electrons. The van der Waals surface area contributed by atoms with E-state index in [1.54, 1.807) is 24.3 Å². The molecule has 2 amide bonds. The zero-order valence-electron chi connectivity index (χ0n) is 15.7. The van der Waals surface area contributed by atoms with E-state index in [-0.39, 0.29) is 23.1 Å². The predicted octanol–water partition coefficient (Wildman–Crippen LogP) is 4.59. The summed E-state index contributed by atoms with van der Waals surface area (Å²) in [5.41, 5.74) is 3.49. The summed E-state index contributed by atoms with van der Waals surface area (Å²) in [5, 5.41) is 5.75. The second-order valence-corrected chi connectivity index (χ2v) is 7.21. The third-order valence-electron chi connectivity index (χ3n) is 5.33. The summed E-state index contributed by atoms with van der Waals surface area (Å²) in [4.78, 5) is 24.2. The van der Waals surface area contributed by atoms with Crippen molar-refractivity contribution >= 4 is 23.2 Å². The molecule has 28 heavy (non-hydrogen) atoms. The molecule has 1 saturated carbocycles. The zero-order valence-corrected chi connectivity index (χ0v) is 15.7. The Morgan fingerprint density at radius 2 is 1.21 bits per heavy atom. The number of hydrogen-bond acceptors (Lipinski definition) is 2. The van der Waals surface area contributed by atoms with Gasteiger partial charge in [0.1, 0.15) is 0 Å². The highest BCUT2D eigenvalue weighted by atomic mass is 16.2. The minimum absolute atomic E-state index is 0.0139. The SMILES string of the molecule is CC(=O)Nc1ccc(NC(=O)C2CC2(c2ccccc2)c2ccccc2)cc1. The predicted molar refractivity (Wildman–Crippen MR) is 111 cm³/mol. The maximum absolute atomic E-state index is 13.0. The van der Waals surface area contributed by atoms with Crippen LogP contribution in [0.1, 0.15) is 24.5 Å². The molecule has 4 heteroatoms. The number of anilines is 2. The van der Waals surface area contributed by atoms with Gasteiger partial charge in [-0.25, -0.2) is 0 Å². The highest BCUT2D eigenvalue weighted by Crippen LogP contribution is 2.59. The largest absolute Gasteiger partial charge is 0.326 e. The molecule has 1 atom stereocenters. The fourth-order valence-electron chi connectivity index (χ4n) is 3.92. The van der Waals surface area contributed by atoms with Crippen LogP contribution in [-0.4, -0.2) is 11.8 Å². The zero-order chi connectivity index (χ0) is 19.6. The van der Waals surface area contributed by atoms with Gasteiger partial charge in [0.05, 0.1) is 5.92 Å². The Morgan fingerprint density at radius 3 is 1.68 bits per heavy atom. The van der Waals surface area contributed by atoms with Crippen LogP contribution in [-0.2, 0) is 15.0 Å². The van der Waals surface area contributed by atoms with E-state index in [2.05, 4.69) is 34.9 Å². The van der Waals surface area contributed by atoms with Gasteiger partial charge in [-0.3, -0.25) is 9.59 Å². The number of nitrogens with one attached hydrogen (secondary N) is 2.